The van der Waals surface area contributed by atoms with E-state index in [1.807, 2.05) is 50.2 Å². The minimum atomic E-state index is -0.912. The lowest BCUT2D eigenvalue weighted by molar-refractivity contribution is -0.138. The van der Waals surface area contributed by atoms with Crippen molar-refractivity contribution in [1.29, 1.82) is 0 Å². The van der Waals surface area contributed by atoms with Gasteiger partial charge in [0.1, 0.15) is 5.75 Å². The predicted molar refractivity (Wildman–Crippen MR) is 82.9 cm³/mol. The Hall–Kier alpha value is -2.49. The van der Waals surface area contributed by atoms with Crippen molar-refractivity contribution in [2.45, 2.75) is 19.9 Å². The molecule has 0 saturated heterocycles. The maximum atomic E-state index is 11.6. The quantitative estimate of drug-likeness (QED) is 0.882. The molecule has 0 saturated carbocycles. The lowest BCUT2D eigenvalue weighted by Crippen LogP contribution is -2.21. The van der Waals surface area contributed by atoms with Gasteiger partial charge in [-0.2, -0.15) is 0 Å². The van der Waals surface area contributed by atoms with Gasteiger partial charge in [-0.1, -0.05) is 29.8 Å². The van der Waals surface area contributed by atoms with E-state index in [9.17, 15) is 9.90 Å². The van der Waals surface area contributed by atoms with Crippen molar-refractivity contribution >= 4 is 11.7 Å². The zero-order valence-corrected chi connectivity index (χ0v) is 12.4. The van der Waals surface area contributed by atoms with E-state index in [1.54, 1.807) is 13.2 Å². The van der Waals surface area contributed by atoms with Gasteiger partial charge in [-0.15, -0.1) is 0 Å². The van der Waals surface area contributed by atoms with Crippen molar-refractivity contribution < 1.29 is 14.6 Å². The van der Waals surface area contributed by atoms with Gasteiger partial charge in [-0.25, -0.2) is 4.79 Å². The Labute approximate surface area is 124 Å². The topological polar surface area (TPSA) is 58.6 Å². The van der Waals surface area contributed by atoms with Gasteiger partial charge in [0.15, 0.2) is 6.04 Å². The molecule has 0 aliphatic carbocycles. The summed E-state index contributed by atoms with van der Waals surface area (Å²) < 4.78 is 5.15. The summed E-state index contributed by atoms with van der Waals surface area (Å²) >= 11 is 0. The summed E-state index contributed by atoms with van der Waals surface area (Å²) in [5.74, 6) is -0.227. The molecule has 1 atom stereocenters. The Morgan fingerprint density at radius 1 is 1.19 bits per heavy atom. The number of ether oxygens (including phenoxy) is 1. The second kappa shape index (κ2) is 6.31. The third-order valence-corrected chi connectivity index (χ3v) is 3.36. The van der Waals surface area contributed by atoms with Gasteiger partial charge >= 0.3 is 5.97 Å². The van der Waals surface area contributed by atoms with Crippen LogP contribution in [0, 0.1) is 13.8 Å². The van der Waals surface area contributed by atoms with E-state index in [4.69, 9.17) is 4.74 Å². The van der Waals surface area contributed by atoms with Crippen molar-refractivity contribution in [3.8, 4) is 5.75 Å². The number of rotatable bonds is 5. The molecule has 0 aliphatic heterocycles. The Kier molecular flexibility index (Phi) is 4.48. The van der Waals surface area contributed by atoms with Gasteiger partial charge in [0, 0.05) is 11.8 Å². The summed E-state index contributed by atoms with van der Waals surface area (Å²) in [6.45, 7) is 3.91. The minimum Gasteiger partial charge on any atom is -0.497 e. The van der Waals surface area contributed by atoms with Crippen LogP contribution in [0.2, 0.25) is 0 Å². The van der Waals surface area contributed by atoms with Crippen molar-refractivity contribution in [2.75, 3.05) is 12.4 Å². The van der Waals surface area contributed by atoms with Crippen LogP contribution >= 0.6 is 0 Å². The Morgan fingerprint density at radius 3 is 2.57 bits per heavy atom. The van der Waals surface area contributed by atoms with Gasteiger partial charge in [-0.05, 0) is 37.1 Å². The van der Waals surface area contributed by atoms with E-state index in [1.165, 1.54) is 0 Å². The van der Waals surface area contributed by atoms with Crippen LogP contribution in [-0.4, -0.2) is 18.2 Å². The molecule has 0 aromatic heterocycles. The fourth-order valence-corrected chi connectivity index (χ4v) is 2.30. The highest BCUT2D eigenvalue weighted by Gasteiger charge is 2.21. The van der Waals surface area contributed by atoms with Gasteiger partial charge < -0.3 is 15.2 Å². The summed E-state index contributed by atoms with van der Waals surface area (Å²) in [5.41, 5.74) is 3.54. The lowest BCUT2D eigenvalue weighted by atomic mass is 9.99. The third kappa shape index (κ3) is 3.54. The molecule has 1 unspecified atom stereocenters. The number of benzene rings is 2. The molecule has 2 N–H and O–H groups in total. The molecule has 0 radical (unpaired) electrons. The highest BCUT2D eigenvalue weighted by atomic mass is 16.5. The molecular formula is C17H19NO3. The van der Waals surface area contributed by atoms with Crippen LogP contribution in [0.25, 0.3) is 0 Å². The van der Waals surface area contributed by atoms with E-state index in [-0.39, 0.29) is 0 Å². The van der Waals surface area contributed by atoms with Crippen LogP contribution in [0.3, 0.4) is 0 Å². The monoisotopic (exact) mass is 285 g/mol. The number of aryl methyl sites for hydroxylation is 2. The highest BCUT2D eigenvalue weighted by Crippen LogP contribution is 2.25. The molecule has 0 heterocycles. The van der Waals surface area contributed by atoms with E-state index in [0.717, 1.165) is 16.7 Å². The number of methoxy groups -OCH3 is 1. The lowest BCUT2D eigenvalue weighted by Gasteiger charge is -2.19. The molecule has 4 nitrogen and oxygen atoms in total. The number of nitrogens with one attached hydrogen (secondary N) is 1. The van der Waals surface area contributed by atoms with E-state index < -0.39 is 12.0 Å². The molecular weight excluding hydrogens is 266 g/mol. The highest BCUT2D eigenvalue weighted by molar-refractivity contribution is 5.80. The van der Waals surface area contributed by atoms with Crippen molar-refractivity contribution in [3.63, 3.8) is 0 Å². The van der Waals surface area contributed by atoms with Crippen LogP contribution < -0.4 is 10.1 Å². The smallest absolute Gasteiger partial charge is 0.330 e. The molecule has 0 spiro atoms. The molecule has 110 valence electrons. The largest absolute Gasteiger partial charge is 0.497 e. The first-order valence-corrected chi connectivity index (χ1v) is 6.72. The summed E-state index contributed by atoms with van der Waals surface area (Å²) in [5, 5.41) is 12.6. The molecule has 2 rings (SSSR count). The van der Waals surface area contributed by atoms with Crippen LogP contribution in [0.15, 0.2) is 42.5 Å². The summed E-state index contributed by atoms with van der Waals surface area (Å²) in [6, 6.07) is 12.2. The molecule has 2 aromatic carbocycles. The van der Waals surface area contributed by atoms with Crippen LogP contribution in [0.1, 0.15) is 22.7 Å². The first-order valence-electron chi connectivity index (χ1n) is 6.72. The molecule has 0 aliphatic rings. The first-order chi connectivity index (χ1) is 10.0. The normalized spacial score (nSPS) is 11.8. The van der Waals surface area contributed by atoms with Crippen molar-refractivity contribution in [3.05, 3.63) is 59.2 Å². The van der Waals surface area contributed by atoms with Gasteiger partial charge in [0.2, 0.25) is 0 Å². The number of hydrogen-bond acceptors (Lipinski definition) is 3. The number of carbonyl (C=O) groups is 1. The SMILES string of the molecule is COc1cccc(NC(C(=O)O)c2ccc(C)cc2C)c1. The maximum absolute atomic E-state index is 11.6. The Morgan fingerprint density at radius 2 is 1.95 bits per heavy atom. The summed E-state index contributed by atoms with van der Waals surface area (Å²) in [7, 11) is 1.58. The van der Waals surface area contributed by atoms with E-state index >= 15 is 0 Å². The van der Waals surface area contributed by atoms with Gasteiger partial charge in [0.25, 0.3) is 0 Å². The standard InChI is InChI=1S/C17H19NO3/c1-11-7-8-15(12(2)9-11)16(17(19)20)18-13-5-4-6-14(10-13)21-3/h4-10,16,18H,1-3H3,(H,19,20). The zero-order valence-electron chi connectivity index (χ0n) is 12.4. The summed E-state index contributed by atoms with van der Waals surface area (Å²) in [4.78, 5) is 11.6. The second-order valence-corrected chi connectivity index (χ2v) is 5.01. The Balaban J connectivity index is 2.33. The van der Waals surface area contributed by atoms with Crippen molar-refractivity contribution in [2.24, 2.45) is 0 Å². The average molecular weight is 285 g/mol. The minimum absolute atomic E-state index is 0.685. The molecule has 0 bridgehead atoms. The average Bonchev–Trinajstić information content (AvgIpc) is 2.45. The van der Waals surface area contributed by atoms with Crippen LogP contribution in [-0.2, 0) is 4.79 Å². The Bertz CT molecular complexity index is 652. The molecule has 0 amide bonds. The molecule has 21 heavy (non-hydrogen) atoms. The number of anilines is 1. The fraction of sp³-hybridized carbons (Fsp3) is 0.235. The summed E-state index contributed by atoms with van der Waals surface area (Å²) in [6.07, 6.45) is 0. The molecule has 2 aromatic rings. The van der Waals surface area contributed by atoms with Gasteiger partial charge in [0.05, 0.1) is 7.11 Å². The van der Waals surface area contributed by atoms with Crippen molar-refractivity contribution in [1.82, 2.24) is 0 Å². The number of hydrogen-bond donors (Lipinski definition) is 2. The molecule has 4 heteroatoms. The van der Waals surface area contributed by atoms with E-state index in [2.05, 4.69) is 5.32 Å². The predicted octanol–water partition coefficient (Wildman–Crippen LogP) is 3.55. The number of aliphatic carboxylic acids is 1. The zero-order chi connectivity index (χ0) is 15.4. The van der Waals surface area contributed by atoms with Crippen LogP contribution in [0.4, 0.5) is 5.69 Å². The third-order valence-electron chi connectivity index (χ3n) is 3.36. The van der Waals surface area contributed by atoms with E-state index in [0.29, 0.717) is 11.4 Å². The number of carboxylic acids is 1. The molecule has 0 fully saturated rings. The van der Waals surface area contributed by atoms with Crippen LogP contribution in [0.5, 0.6) is 5.75 Å². The van der Waals surface area contributed by atoms with Gasteiger partial charge in [-0.3, -0.25) is 0 Å². The fourth-order valence-electron chi connectivity index (χ4n) is 2.30. The second-order valence-electron chi connectivity index (χ2n) is 5.01. The first kappa shape index (κ1) is 14.9. The number of carboxylic acid groups (broad SMARTS) is 1. The maximum Gasteiger partial charge on any atom is 0.330 e.